The van der Waals surface area contributed by atoms with Crippen LogP contribution < -0.4 is 9.80 Å². The van der Waals surface area contributed by atoms with Crippen molar-refractivity contribution in [3.63, 3.8) is 0 Å². The largest absolute Gasteiger partial charge is 0.310 e. The molecule has 0 aliphatic rings. The van der Waals surface area contributed by atoms with Crippen LogP contribution in [0.3, 0.4) is 0 Å². The Morgan fingerprint density at radius 3 is 1.13 bits per heavy atom. The van der Waals surface area contributed by atoms with Crippen LogP contribution in [0.1, 0.15) is 15.1 Å². The van der Waals surface area contributed by atoms with Gasteiger partial charge in [-0.2, -0.15) is 0 Å². The fourth-order valence-electron chi connectivity index (χ4n) is 8.77. The molecule has 0 unspecified atom stereocenters. The van der Waals surface area contributed by atoms with Gasteiger partial charge in [0.2, 0.25) is 0 Å². The van der Waals surface area contributed by atoms with Crippen LogP contribution in [0.2, 0.25) is 0 Å². The van der Waals surface area contributed by atoms with Gasteiger partial charge in [0.1, 0.15) is 0 Å². The number of fused-ring (bicyclic) bond motifs is 3. The van der Waals surface area contributed by atoms with E-state index >= 15 is 0 Å². The number of hydrogen-bond acceptors (Lipinski definition) is 3. The predicted octanol–water partition coefficient (Wildman–Crippen LogP) is 19.3. The molecular weight excluding hydrogens is 853 g/mol. The van der Waals surface area contributed by atoms with Gasteiger partial charge in [-0.25, -0.2) is 0 Å². The maximum absolute atomic E-state index is 9.76. The lowest BCUT2D eigenvalue weighted by Crippen LogP contribution is -2.10. The van der Waals surface area contributed by atoms with Crippen molar-refractivity contribution in [2.45, 2.75) is 0 Å². The first kappa shape index (κ1) is 31.3. The highest BCUT2D eigenvalue weighted by Gasteiger charge is 2.18. The number of thiophene rings is 1. The molecule has 0 saturated carbocycles. The maximum atomic E-state index is 9.76. The van der Waals surface area contributed by atoms with Gasteiger partial charge in [0.25, 0.3) is 0 Å². The second kappa shape index (κ2) is 18.5. The Bertz CT molecular complexity index is 4240. The van der Waals surface area contributed by atoms with Gasteiger partial charge in [-0.05, 0) is 140 Å². The monoisotopic (exact) mass is 909 g/mol. The lowest BCUT2D eigenvalue weighted by molar-refractivity contribution is 1.28. The Labute approximate surface area is 423 Å². The van der Waals surface area contributed by atoms with Crippen molar-refractivity contribution in [3.05, 3.63) is 279 Å². The van der Waals surface area contributed by atoms with Crippen molar-refractivity contribution in [2.75, 3.05) is 9.80 Å². The summed E-state index contributed by atoms with van der Waals surface area (Å²) >= 11 is 0.876. The minimum absolute atomic E-state index is 0.000797. The lowest BCUT2D eigenvalue weighted by Gasteiger charge is -2.27. The quantitative estimate of drug-likeness (QED) is 0.128. The summed E-state index contributed by atoms with van der Waals surface area (Å²) < 4.78 is 101. The smallest absolute Gasteiger partial charge is 0.0645 e. The Balaban J connectivity index is 0.992. The second-order valence-electron chi connectivity index (χ2n) is 16.5. The van der Waals surface area contributed by atoms with Gasteiger partial charge >= 0.3 is 0 Å². The topological polar surface area (TPSA) is 6.48 Å². The van der Waals surface area contributed by atoms with Gasteiger partial charge < -0.3 is 9.80 Å². The number of benzene rings is 11. The van der Waals surface area contributed by atoms with E-state index < -0.39 is 54.4 Å². The van der Waals surface area contributed by atoms with Crippen molar-refractivity contribution in [2.24, 2.45) is 0 Å². The molecule has 0 fully saturated rings. The van der Waals surface area contributed by atoms with Gasteiger partial charge in [-0.15, -0.1) is 11.3 Å². The van der Waals surface area contributed by atoms with E-state index in [4.69, 9.17) is 5.48 Å². The summed E-state index contributed by atoms with van der Waals surface area (Å²) in [6.07, 6.45) is 0. The normalized spacial score (nSPS) is 13.4. The number of hydrogen-bond donors (Lipinski definition) is 0. The summed E-state index contributed by atoms with van der Waals surface area (Å²) in [7, 11) is 0. The highest BCUT2D eigenvalue weighted by atomic mass is 32.1. The third kappa shape index (κ3) is 8.49. The van der Waals surface area contributed by atoms with Crippen molar-refractivity contribution >= 4 is 65.6 Å². The molecule has 0 aliphatic carbocycles. The van der Waals surface area contributed by atoms with Gasteiger partial charge in [-0.3, -0.25) is 0 Å². The first-order valence-electron chi connectivity index (χ1n) is 28.1. The summed E-state index contributed by atoms with van der Waals surface area (Å²) in [5.74, 6) is 0. The van der Waals surface area contributed by atoms with E-state index in [2.05, 4.69) is 89.8 Å². The number of anilines is 6. The zero-order valence-corrected chi connectivity index (χ0v) is 37.8. The molecule has 0 bridgehead atoms. The van der Waals surface area contributed by atoms with Crippen LogP contribution in [-0.2, 0) is 0 Å². The SMILES string of the molecule is [2H]c1c([2H])c(N(c2ccc(-c3ccccc3)cc2)c2cccc(-c3cccc(N(c4ccc(-c5ccccc5)cc4)c4ccc(-c5ccccc5)cc4)c3)c2)c([2H])c([2H])c1-c1c([2H])c([2H])c2c(sc3c([2H])c([2H])c([2H])c([2H])c32)c1[2H]. The molecule has 69 heavy (non-hydrogen) atoms. The molecule has 3 heteroatoms. The lowest BCUT2D eigenvalue weighted by atomic mass is 10.0. The van der Waals surface area contributed by atoms with Crippen LogP contribution in [0.4, 0.5) is 34.1 Å². The zero-order valence-electron chi connectivity index (χ0n) is 48.0. The standard InChI is InChI=1S/C66H46N2S/c1-4-14-47(15-5-1)50-26-35-57(36-27-50)67(58-37-28-51(29-38-58)48-16-6-2-7-17-48)61-22-12-20-54(44-61)55-21-13-23-62(45-55)68(59-39-30-52(31-40-59)49-18-8-3-9-19-49)60-41-32-53(33-42-60)56-34-43-64-63-24-10-11-25-65(63)69-66(64)46-56/h1-46H/i10D,11D,24D,25D,32D,33D,34D,41D,42D,43D,46D. The first-order valence-corrected chi connectivity index (χ1v) is 23.4. The molecule has 12 aromatic rings. The number of rotatable bonds is 11. The molecule has 2 nitrogen and oxygen atoms in total. The Hall–Kier alpha value is -8.76. The van der Waals surface area contributed by atoms with Gasteiger partial charge in [-0.1, -0.05) is 194 Å². The summed E-state index contributed by atoms with van der Waals surface area (Å²) in [5, 5.41) is 0.0215. The van der Waals surface area contributed by atoms with Crippen LogP contribution in [-0.4, -0.2) is 0 Å². The maximum Gasteiger partial charge on any atom is 0.0645 e. The van der Waals surface area contributed by atoms with Crippen LogP contribution in [0.5, 0.6) is 0 Å². The zero-order chi connectivity index (χ0) is 55.5. The molecule has 0 atom stereocenters. The Kier molecular flexibility index (Phi) is 8.38. The summed E-state index contributed by atoms with van der Waals surface area (Å²) in [5.41, 5.74) is 11.1. The van der Waals surface area contributed by atoms with E-state index in [0.29, 0.717) is 11.4 Å². The van der Waals surface area contributed by atoms with Crippen molar-refractivity contribution in [1.82, 2.24) is 0 Å². The third-order valence-electron chi connectivity index (χ3n) is 12.2. The van der Waals surface area contributed by atoms with Crippen molar-refractivity contribution < 1.29 is 15.1 Å². The highest BCUT2D eigenvalue weighted by Crippen LogP contribution is 2.42. The Morgan fingerprint density at radius 1 is 0.261 bits per heavy atom. The molecule has 326 valence electrons. The van der Waals surface area contributed by atoms with Gasteiger partial charge in [0.15, 0.2) is 0 Å². The summed E-state index contributed by atoms with van der Waals surface area (Å²) in [6, 6.07) is 65.9. The van der Waals surface area contributed by atoms with Crippen LogP contribution in [0.25, 0.3) is 75.8 Å². The van der Waals surface area contributed by atoms with E-state index in [1.54, 1.807) is 4.90 Å². The Morgan fingerprint density at radius 2 is 0.652 bits per heavy atom. The molecule has 0 N–H and O–H groups in total. The van der Waals surface area contributed by atoms with Crippen molar-refractivity contribution in [3.8, 4) is 55.6 Å². The summed E-state index contributed by atoms with van der Waals surface area (Å²) in [6.45, 7) is 0. The minimum Gasteiger partial charge on any atom is -0.310 e. The fraction of sp³-hybridized carbons (Fsp3) is 0. The summed E-state index contributed by atoms with van der Waals surface area (Å²) in [4.78, 5) is 3.91. The predicted molar refractivity (Wildman–Crippen MR) is 296 cm³/mol. The highest BCUT2D eigenvalue weighted by molar-refractivity contribution is 7.25. The fourth-order valence-corrected chi connectivity index (χ4v) is 9.74. The minimum atomic E-state index is -0.557. The van der Waals surface area contributed by atoms with E-state index in [9.17, 15) is 9.60 Å². The molecule has 1 heterocycles. The van der Waals surface area contributed by atoms with E-state index in [-0.39, 0.29) is 49.1 Å². The third-order valence-corrected chi connectivity index (χ3v) is 13.2. The second-order valence-corrected chi connectivity index (χ2v) is 17.5. The molecule has 0 saturated heterocycles. The van der Waals surface area contributed by atoms with Gasteiger partial charge in [0, 0.05) is 54.3 Å². The van der Waals surface area contributed by atoms with Crippen molar-refractivity contribution in [1.29, 1.82) is 0 Å². The first-order chi connectivity index (χ1) is 38.8. The molecule has 0 amide bonds. The molecular formula is C66H46N2S. The van der Waals surface area contributed by atoms with Gasteiger partial charge in [0.05, 0.1) is 15.1 Å². The molecule has 1 aromatic heterocycles. The number of nitrogens with zero attached hydrogens (tertiary/aromatic N) is 2. The van der Waals surface area contributed by atoms with E-state index in [1.165, 1.54) is 0 Å². The molecule has 0 radical (unpaired) electrons. The molecule has 0 spiro atoms. The molecule has 0 aliphatic heterocycles. The molecule has 12 rings (SSSR count). The van der Waals surface area contributed by atoms with Crippen LogP contribution in [0, 0.1) is 0 Å². The van der Waals surface area contributed by atoms with E-state index in [0.717, 1.165) is 72.9 Å². The van der Waals surface area contributed by atoms with E-state index in [1.807, 2.05) is 127 Å². The molecule has 11 aromatic carbocycles. The average Bonchev–Trinajstić information content (AvgIpc) is 4.14. The van der Waals surface area contributed by atoms with Crippen LogP contribution >= 0.6 is 11.3 Å². The van der Waals surface area contributed by atoms with Crippen LogP contribution in [0.15, 0.2) is 279 Å². The average molecular weight is 910 g/mol.